The van der Waals surface area contributed by atoms with Crippen molar-refractivity contribution in [2.24, 2.45) is 5.92 Å². The second-order valence-corrected chi connectivity index (χ2v) is 5.29. The number of tetrazole rings is 1. The molecule has 1 aliphatic heterocycles. The highest BCUT2D eigenvalue weighted by Gasteiger charge is 2.20. The van der Waals surface area contributed by atoms with Crippen molar-refractivity contribution < 1.29 is 4.79 Å². The highest BCUT2D eigenvalue weighted by molar-refractivity contribution is 5.93. The number of carbonyl (C=O) groups excluding carboxylic acids is 1. The molecule has 21 heavy (non-hydrogen) atoms. The molecular formula is C14H18N6O. The summed E-state index contributed by atoms with van der Waals surface area (Å²) in [4.78, 5) is 12.2. The standard InChI is InChI=1S/C14H18N6O/c1-10-7-12(4-5-13(10)20-9-16-18-19-20)17-14(21)11-3-2-6-15-8-11/h4-5,7,9,11,15H,2-3,6,8H2,1H3,(H,17,21)/t11-/m1/s1. The summed E-state index contributed by atoms with van der Waals surface area (Å²) in [6, 6.07) is 5.71. The maximum Gasteiger partial charge on any atom is 0.228 e. The van der Waals surface area contributed by atoms with E-state index in [-0.39, 0.29) is 11.8 Å². The van der Waals surface area contributed by atoms with Crippen molar-refractivity contribution in [2.75, 3.05) is 18.4 Å². The fourth-order valence-corrected chi connectivity index (χ4v) is 2.58. The van der Waals surface area contributed by atoms with Crippen LogP contribution in [0.25, 0.3) is 5.69 Å². The molecule has 0 aliphatic carbocycles. The van der Waals surface area contributed by atoms with Gasteiger partial charge in [-0.1, -0.05) is 0 Å². The van der Waals surface area contributed by atoms with Crippen LogP contribution < -0.4 is 10.6 Å². The van der Waals surface area contributed by atoms with Gasteiger partial charge in [-0.25, -0.2) is 4.68 Å². The van der Waals surface area contributed by atoms with Gasteiger partial charge in [0.1, 0.15) is 6.33 Å². The number of carbonyl (C=O) groups is 1. The van der Waals surface area contributed by atoms with Crippen molar-refractivity contribution in [3.05, 3.63) is 30.1 Å². The first-order valence-corrected chi connectivity index (χ1v) is 7.09. The third-order valence-electron chi connectivity index (χ3n) is 3.73. The SMILES string of the molecule is Cc1cc(NC(=O)[C@@H]2CCCNC2)ccc1-n1cnnn1. The summed E-state index contributed by atoms with van der Waals surface area (Å²) >= 11 is 0. The van der Waals surface area contributed by atoms with E-state index >= 15 is 0 Å². The van der Waals surface area contributed by atoms with Crippen LogP contribution in [0.3, 0.4) is 0 Å². The first-order chi connectivity index (χ1) is 10.2. The van der Waals surface area contributed by atoms with Gasteiger partial charge in [0, 0.05) is 12.2 Å². The summed E-state index contributed by atoms with van der Waals surface area (Å²) in [7, 11) is 0. The number of nitrogens with zero attached hydrogens (tertiary/aromatic N) is 4. The summed E-state index contributed by atoms with van der Waals surface area (Å²) in [5.41, 5.74) is 2.71. The average molecular weight is 286 g/mol. The molecule has 1 saturated heterocycles. The molecule has 0 unspecified atom stereocenters. The molecule has 2 aromatic rings. The normalized spacial score (nSPS) is 18.4. The number of aryl methyl sites for hydroxylation is 1. The molecule has 1 atom stereocenters. The van der Waals surface area contributed by atoms with Crippen molar-refractivity contribution in [2.45, 2.75) is 19.8 Å². The minimum Gasteiger partial charge on any atom is -0.326 e. The zero-order valence-corrected chi connectivity index (χ0v) is 11.9. The van der Waals surface area contributed by atoms with Gasteiger partial charge < -0.3 is 10.6 Å². The molecule has 2 heterocycles. The minimum atomic E-state index is 0.0539. The lowest BCUT2D eigenvalue weighted by molar-refractivity contribution is -0.120. The van der Waals surface area contributed by atoms with Gasteiger partial charge >= 0.3 is 0 Å². The van der Waals surface area contributed by atoms with Crippen LogP contribution in [0.15, 0.2) is 24.5 Å². The van der Waals surface area contributed by atoms with Crippen molar-refractivity contribution >= 4 is 11.6 Å². The Hall–Kier alpha value is -2.28. The Balaban J connectivity index is 1.72. The largest absolute Gasteiger partial charge is 0.326 e. The van der Waals surface area contributed by atoms with Crippen LogP contribution in [-0.2, 0) is 4.79 Å². The van der Waals surface area contributed by atoms with Gasteiger partial charge in [-0.15, -0.1) is 5.10 Å². The number of piperidine rings is 1. The lowest BCUT2D eigenvalue weighted by atomic mass is 9.98. The van der Waals surface area contributed by atoms with Gasteiger partial charge in [0.05, 0.1) is 11.6 Å². The van der Waals surface area contributed by atoms with Crippen LogP contribution in [0.1, 0.15) is 18.4 Å². The fourth-order valence-electron chi connectivity index (χ4n) is 2.58. The van der Waals surface area contributed by atoms with Crippen LogP contribution in [0.5, 0.6) is 0 Å². The van der Waals surface area contributed by atoms with Gasteiger partial charge in [0.25, 0.3) is 0 Å². The predicted molar refractivity (Wildman–Crippen MR) is 78.1 cm³/mol. The Bertz CT molecular complexity index is 618. The molecule has 7 heteroatoms. The summed E-state index contributed by atoms with van der Waals surface area (Å²) in [5, 5.41) is 17.4. The smallest absolute Gasteiger partial charge is 0.228 e. The second-order valence-electron chi connectivity index (χ2n) is 5.29. The number of aromatic nitrogens is 4. The van der Waals surface area contributed by atoms with E-state index in [1.54, 1.807) is 11.0 Å². The number of hydrogen-bond acceptors (Lipinski definition) is 5. The number of nitrogens with one attached hydrogen (secondary N) is 2. The van der Waals surface area contributed by atoms with Crippen molar-refractivity contribution in [3.8, 4) is 5.69 Å². The molecule has 7 nitrogen and oxygen atoms in total. The molecule has 110 valence electrons. The minimum absolute atomic E-state index is 0.0539. The zero-order valence-electron chi connectivity index (χ0n) is 11.9. The van der Waals surface area contributed by atoms with E-state index in [1.165, 1.54) is 0 Å². The molecular weight excluding hydrogens is 268 g/mol. The Morgan fingerprint density at radius 3 is 3.05 bits per heavy atom. The number of hydrogen-bond donors (Lipinski definition) is 2. The van der Waals surface area contributed by atoms with E-state index in [0.717, 1.165) is 42.9 Å². The zero-order chi connectivity index (χ0) is 14.7. The highest BCUT2D eigenvalue weighted by Crippen LogP contribution is 2.19. The number of amides is 1. The van der Waals surface area contributed by atoms with Crippen LogP contribution in [0, 0.1) is 12.8 Å². The van der Waals surface area contributed by atoms with Gasteiger partial charge in [0.15, 0.2) is 0 Å². The highest BCUT2D eigenvalue weighted by atomic mass is 16.1. The maximum absolute atomic E-state index is 12.2. The first kappa shape index (κ1) is 13.7. The van der Waals surface area contributed by atoms with Crippen LogP contribution >= 0.6 is 0 Å². The molecule has 0 radical (unpaired) electrons. The molecule has 1 amide bonds. The number of rotatable bonds is 3. The third kappa shape index (κ3) is 3.08. The molecule has 3 rings (SSSR count). The van der Waals surface area contributed by atoms with Crippen LogP contribution in [-0.4, -0.2) is 39.2 Å². The number of anilines is 1. The molecule has 2 N–H and O–H groups in total. The average Bonchev–Trinajstić information content (AvgIpc) is 3.02. The lowest BCUT2D eigenvalue weighted by Crippen LogP contribution is -2.37. The Morgan fingerprint density at radius 2 is 2.38 bits per heavy atom. The van der Waals surface area contributed by atoms with Crippen LogP contribution in [0.2, 0.25) is 0 Å². The van der Waals surface area contributed by atoms with E-state index in [4.69, 9.17) is 0 Å². The molecule has 1 aromatic heterocycles. The Labute approximate surface area is 122 Å². The molecule has 0 bridgehead atoms. The van der Waals surface area contributed by atoms with Crippen LogP contribution in [0.4, 0.5) is 5.69 Å². The molecule has 0 saturated carbocycles. The molecule has 0 spiro atoms. The van der Waals surface area contributed by atoms with Crippen molar-refractivity contribution in [1.82, 2.24) is 25.5 Å². The van der Waals surface area contributed by atoms with Gasteiger partial charge in [0.2, 0.25) is 5.91 Å². The fraction of sp³-hybridized carbons (Fsp3) is 0.429. The van der Waals surface area contributed by atoms with Crippen molar-refractivity contribution in [1.29, 1.82) is 0 Å². The van der Waals surface area contributed by atoms with E-state index in [1.807, 2.05) is 25.1 Å². The third-order valence-corrected chi connectivity index (χ3v) is 3.73. The molecule has 1 fully saturated rings. The molecule has 1 aliphatic rings. The number of benzene rings is 1. The maximum atomic E-state index is 12.2. The van der Waals surface area contributed by atoms with E-state index in [2.05, 4.69) is 26.2 Å². The molecule has 1 aromatic carbocycles. The Morgan fingerprint density at radius 1 is 1.48 bits per heavy atom. The summed E-state index contributed by atoms with van der Waals surface area (Å²) in [6.45, 7) is 3.73. The van der Waals surface area contributed by atoms with E-state index in [0.29, 0.717) is 0 Å². The quantitative estimate of drug-likeness (QED) is 0.876. The van der Waals surface area contributed by atoms with Gasteiger partial charge in [-0.3, -0.25) is 4.79 Å². The van der Waals surface area contributed by atoms with E-state index < -0.39 is 0 Å². The van der Waals surface area contributed by atoms with Gasteiger partial charge in [-0.05, 0) is 60.5 Å². The first-order valence-electron chi connectivity index (χ1n) is 7.09. The Kier molecular flexibility index (Phi) is 3.92. The van der Waals surface area contributed by atoms with E-state index in [9.17, 15) is 4.79 Å². The summed E-state index contributed by atoms with van der Waals surface area (Å²) < 4.78 is 1.60. The lowest BCUT2D eigenvalue weighted by Gasteiger charge is -2.22. The monoisotopic (exact) mass is 286 g/mol. The summed E-state index contributed by atoms with van der Waals surface area (Å²) in [5.74, 6) is 0.134. The second kappa shape index (κ2) is 6.01. The predicted octanol–water partition coefficient (Wildman–Crippen LogP) is 0.909. The van der Waals surface area contributed by atoms with Gasteiger partial charge in [-0.2, -0.15) is 0 Å². The van der Waals surface area contributed by atoms with Crippen molar-refractivity contribution in [3.63, 3.8) is 0 Å². The topological polar surface area (TPSA) is 84.7 Å². The summed E-state index contributed by atoms with van der Waals surface area (Å²) in [6.07, 6.45) is 3.55.